The maximum Gasteiger partial charge on any atom is 0.0366 e. The predicted molar refractivity (Wildman–Crippen MR) is 86.5 cm³/mol. The van der Waals surface area contributed by atoms with Crippen LogP contribution in [0.5, 0.6) is 0 Å². The number of nitrogens with one attached hydrogen (secondary N) is 1. The van der Waals surface area contributed by atoms with Crippen molar-refractivity contribution in [3.63, 3.8) is 0 Å². The first kappa shape index (κ1) is 13.0. The lowest BCUT2D eigenvalue weighted by atomic mass is 10.0. The highest BCUT2D eigenvalue weighted by Crippen LogP contribution is 2.22. The molecular formula is C18H22N2. The third-order valence-electron chi connectivity index (χ3n) is 4.04. The third-order valence-corrected chi connectivity index (χ3v) is 4.04. The van der Waals surface area contributed by atoms with Crippen LogP contribution in [0.25, 0.3) is 0 Å². The van der Waals surface area contributed by atoms with Crippen molar-refractivity contribution < 1.29 is 0 Å². The molecule has 104 valence electrons. The number of hydrogen-bond acceptors (Lipinski definition) is 2. The monoisotopic (exact) mass is 266 g/mol. The van der Waals surface area contributed by atoms with E-state index >= 15 is 0 Å². The molecule has 1 saturated heterocycles. The van der Waals surface area contributed by atoms with Gasteiger partial charge in [-0.3, -0.25) is 0 Å². The van der Waals surface area contributed by atoms with Gasteiger partial charge in [0.1, 0.15) is 0 Å². The van der Waals surface area contributed by atoms with Crippen LogP contribution in [0.2, 0.25) is 0 Å². The summed E-state index contributed by atoms with van der Waals surface area (Å²) in [6.45, 7) is 4.40. The summed E-state index contributed by atoms with van der Waals surface area (Å²) in [5, 5.41) is 3.64. The molecule has 2 nitrogen and oxygen atoms in total. The number of hydrogen-bond donors (Lipinski definition) is 1. The molecule has 0 radical (unpaired) electrons. The van der Waals surface area contributed by atoms with Crippen molar-refractivity contribution in [2.24, 2.45) is 0 Å². The lowest BCUT2D eigenvalue weighted by Gasteiger charge is -2.34. The summed E-state index contributed by atoms with van der Waals surface area (Å²) in [5.41, 5.74) is 3.92. The number of benzene rings is 2. The molecule has 1 fully saturated rings. The van der Waals surface area contributed by atoms with Gasteiger partial charge in [-0.05, 0) is 44.0 Å². The first-order valence-electron chi connectivity index (χ1n) is 7.44. The molecule has 2 heteroatoms. The van der Waals surface area contributed by atoms with Gasteiger partial charge in [0.15, 0.2) is 0 Å². The Morgan fingerprint density at radius 3 is 2.20 bits per heavy atom. The van der Waals surface area contributed by atoms with Crippen molar-refractivity contribution >= 4 is 11.4 Å². The fourth-order valence-corrected chi connectivity index (χ4v) is 2.81. The van der Waals surface area contributed by atoms with Gasteiger partial charge in [0.25, 0.3) is 0 Å². The minimum absolute atomic E-state index is 0.596. The van der Waals surface area contributed by atoms with Crippen LogP contribution in [-0.4, -0.2) is 19.1 Å². The third kappa shape index (κ3) is 3.13. The molecule has 20 heavy (non-hydrogen) atoms. The summed E-state index contributed by atoms with van der Waals surface area (Å²) < 4.78 is 0. The van der Waals surface area contributed by atoms with Crippen molar-refractivity contribution in [2.75, 3.05) is 23.3 Å². The largest absolute Gasteiger partial charge is 0.382 e. The lowest BCUT2D eigenvalue weighted by Crippen LogP contribution is -2.39. The van der Waals surface area contributed by atoms with Gasteiger partial charge in [0.05, 0.1) is 0 Å². The summed E-state index contributed by atoms with van der Waals surface area (Å²) >= 11 is 0. The molecule has 0 aromatic heterocycles. The van der Waals surface area contributed by atoms with E-state index in [0.717, 1.165) is 13.1 Å². The van der Waals surface area contributed by atoms with E-state index in [2.05, 4.69) is 71.7 Å². The zero-order valence-electron chi connectivity index (χ0n) is 12.0. The normalized spacial score (nSPS) is 16.1. The number of nitrogens with zero attached hydrogens (tertiary/aromatic N) is 1. The first-order valence-corrected chi connectivity index (χ1v) is 7.44. The zero-order chi connectivity index (χ0) is 13.8. The average Bonchev–Trinajstić information content (AvgIpc) is 2.50. The minimum Gasteiger partial charge on any atom is -0.382 e. The Hall–Kier alpha value is -1.96. The van der Waals surface area contributed by atoms with Gasteiger partial charge in [0.2, 0.25) is 0 Å². The molecule has 0 aliphatic carbocycles. The topological polar surface area (TPSA) is 15.3 Å². The van der Waals surface area contributed by atoms with E-state index in [-0.39, 0.29) is 0 Å². The van der Waals surface area contributed by atoms with Crippen molar-refractivity contribution in [2.45, 2.75) is 25.8 Å². The maximum absolute atomic E-state index is 3.64. The second-order valence-electron chi connectivity index (χ2n) is 5.61. The molecule has 1 aliphatic heterocycles. The molecule has 2 aromatic rings. The van der Waals surface area contributed by atoms with Crippen LogP contribution in [-0.2, 0) is 0 Å². The quantitative estimate of drug-likeness (QED) is 0.900. The van der Waals surface area contributed by atoms with E-state index < -0.39 is 0 Å². The van der Waals surface area contributed by atoms with Gasteiger partial charge in [0, 0.05) is 30.5 Å². The van der Waals surface area contributed by atoms with Crippen molar-refractivity contribution in [1.82, 2.24) is 0 Å². The van der Waals surface area contributed by atoms with Crippen LogP contribution in [0, 0.1) is 6.92 Å². The molecule has 0 bridgehead atoms. The molecule has 1 aliphatic rings. The molecule has 0 spiro atoms. The Morgan fingerprint density at radius 2 is 1.55 bits per heavy atom. The highest BCUT2D eigenvalue weighted by Gasteiger charge is 2.19. The molecule has 2 aromatic carbocycles. The Morgan fingerprint density at radius 1 is 0.900 bits per heavy atom. The zero-order valence-corrected chi connectivity index (χ0v) is 12.0. The van der Waals surface area contributed by atoms with Crippen molar-refractivity contribution in [3.05, 3.63) is 60.2 Å². The summed E-state index contributed by atoms with van der Waals surface area (Å²) in [5.74, 6) is 0. The van der Waals surface area contributed by atoms with E-state index in [4.69, 9.17) is 0 Å². The van der Waals surface area contributed by atoms with E-state index in [9.17, 15) is 0 Å². The Kier molecular flexibility index (Phi) is 3.91. The van der Waals surface area contributed by atoms with Gasteiger partial charge < -0.3 is 10.2 Å². The van der Waals surface area contributed by atoms with Crippen LogP contribution in [0.3, 0.4) is 0 Å². The average molecular weight is 266 g/mol. The van der Waals surface area contributed by atoms with Gasteiger partial charge in [-0.2, -0.15) is 0 Å². The number of piperidine rings is 1. The van der Waals surface area contributed by atoms with Crippen molar-refractivity contribution in [1.29, 1.82) is 0 Å². The Bertz CT molecular complexity index is 525. The van der Waals surface area contributed by atoms with E-state index in [1.54, 1.807) is 0 Å². The van der Waals surface area contributed by atoms with E-state index in [1.807, 2.05) is 0 Å². The van der Waals surface area contributed by atoms with Gasteiger partial charge >= 0.3 is 0 Å². The van der Waals surface area contributed by atoms with Crippen LogP contribution in [0.4, 0.5) is 11.4 Å². The summed E-state index contributed by atoms with van der Waals surface area (Å²) in [4.78, 5) is 2.49. The molecular weight excluding hydrogens is 244 g/mol. The van der Waals surface area contributed by atoms with Gasteiger partial charge in [-0.1, -0.05) is 35.9 Å². The molecule has 0 amide bonds. The standard InChI is InChI=1S/C18H22N2/c1-15-7-9-18(10-8-15)20-13-11-17(12-14-20)19-16-5-3-2-4-6-16/h2-10,17,19H,11-14H2,1H3. The number of rotatable bonds is 3. The second kappa shape index (κ2) is 6.00. The van der Waals surface area contributed by atoms with Crippen LogP contribution < -0.4 is 10.2 Å². The summed E-state index contributed by atoms with van der Waals surface area (Å²) in [6.07, 6.45) is 2.39. The van der Waals surface area contributed by atoms with E-state index in [0.29, 0.717) is 6.04 Å². The van der Waals surface area contributed by atoms with Crippen LogP contribution >= 0.6 is 0 Å². The molecule has 3 rings (SSSR count). The number of anilines is 2. The highest BCUT2D eigenvalue weighted by atomic mass is 15.1. The predicted octanol–water partition coefficient (Wildman–Crippen LogP) is 4.08. The lowest BCUT2D eigenvalue weighted by molar-refractivity contribution is 0.527. The summed E-state index contributed by atoms with van der Waals surface area (Å²) in [6, 6.07) is 20.0. The molecule has 0 saturated carbocycles. The molecule has 0 atom stereocenters. The molecule has 1 heterocycles. The number of aryl methyl sites for hydroxylation is 1. The Labute approximate surface area is 121 Å². The number of para-hydroxylation sites is 1. The van der Waals surface area contributed by atoms with Gasteiger partial charge in [-0.25, -0.2) is 0 Å². The Balaban J connectivity index is 1.55. The van der Waals surface area contributed by atoms with E-state index in [1.165, 1.54) is 29.8 Å². The molecule has 1 N–H and O–H groups in total. The van der Waals surface area contributed by atoms with Gasteiger partial charge in [-0.15, -0.1) is 0 Å². The summed E-state index contributed by atoms with van der Waals surface area (Å²) in [7, 11) is 0. The fourth-order valence-electron chi connectivity index (χ4n) is 2.81. The first-order chi connectivity index (χ1) is 9.81. The SMILES string of the molecule is Cc1ccc(N2CCC(Nc3ccccc3)CC2)cc1. The van der Waals surface area contributed by atoms with Crippen molar-refractivity contribution in [3.8, 4) is 0 Å². The molecule has 0 unspecified atom stereocenters. The highest BCUT2D eigenvalue weighted by molar-refractivity contribution is 5.49. The fraction of sp³-hybridized carbons (Fsp3) is 0.333. The maximum atomic E-state index is 3.64. The minimum atomic E-state index is 0.596. The van der Waals surface area contributed by atoms with Crippen LogP contribution in [0.1, 0.15) is 18.4 Å². The van der Waals surface area contributed by atoms with Crippen LogP contribution in [0.15, 0.2) is 54.6 Å². The second-order valence-corrected chi connectivity index (χ2v) is 5.61. The smallest absolute Gasteiger partial charge is 0.0366 e.